The van der Waals surface area contributed by atoms with Gasteiger partial charge in [0.25, 0.3) is 0 Å². The molecule has 0 saturated heterocycles. The van der Waals surface area contributed by atoms with Gasteiger partial charge in [-0.25, -0.2) is 13.2 Å². The van der Waals surface area contributed by atoms with Crippen molar-refractivity contribution in [2.24, 2.45) is 5.92 Å². The molecule has 0 aliphatic rings. The van der Waals surface area contributed by atoms with Gasteiger partial charge in [0.2, 0.25) is 0 Å². The first-order valence-electron chi connectivity index (χ1n) is 7.41. The maximum Gasteiger partial charge on any atom is 0.161 e. The number of halogens is 3. The molecule has 0 aliphatic carbocycles. The summed E-state index contributed by atoms with van der Waals surface area (Å²) in [6, 6.07) is 1.84. The van der Waals surface area contributed by atoms with Crippen molar-refractivity contribution in [2.45, 2.75) is 39.3 Å². The van der Waals surface area contributed by atoms with Gasteiger partial charge < -0.3 is 10.2 Å². The quantitative estimate of drug-likeness (QED) is 0.739. The molecule has 1 rings (SSSR count). The summed E-state index contributed by atoms with van der Waals surface area (Å²) in [5, 5.41) is 3.15. The molecule has 0 heterocycles. The van der Waals surface area contributed by atoms with Crippen molar-refractivity contribution in [2.75, 3.05) is 20.6 Å². The first-order valence-corrected chi connectivity index (χ1v) is 7.41. The van der Waals surface area contributed by atoms with Crippen LogP contribution in [-0.4, -0.2) is 31.6 Å². The average molecular weight is 302 g/mol. The maximum absolute atomic E-state index is 13.5. The van der Waals surface area contributed by atoms with Crippen LogP contribution < -0.4 is 5.32 Å². The van der Waals surface area contributed by atoms with E-state index in [-0.39, 0.29) is 12.1 Å². The summed E-state index contributed by atoms with van der Waals surface area (Å²) in [6.45, 7) is 5.17. The van der Waals surface area contributed by atoms with Crippen molar-refractivity contribution < 1.29 is 13.2 Å². The first kappa shape index (κ1) is 18.0. The van der Waals surface area contributed by atoms with E-state index in [0.717, 1.165) is 18.9 Å². The van der Waals surface area contributed by atoms with Crippen LogP contribution in [0.5, 0.6) is 0 Å². The largest absolute Gasteiger partial charge is 0.311 e. The molecule has 0 amide bonds. The molecular weight excluding hydrogens is 277 g/mol. The standard InChI is InChI=1S/C16H25F3N2/c1-5-11(6-2)16(21(3)4)10-20-9-12-7-14(18)15(19)8-13(12)17/h7-8,11,16,20H,5-6,9-10H2,1-4H3. The zero-order chi connectivity index (χ0) is 16.0. The molecule has 2 nitrogen and oxygen atoms in total. The van der Waals surface area contributed by atoms with Crippen LogP contribution in [0.3, 0.4) is 0 Å². The Bertz CT molecular complexity index is 445. The van der Waals surface area contributed by atoms with Gasteiger partial charge in [-0.1, -0.05) is 26.7 Å². The molecule has 0 bridgehead atoms. The van der Waals surface area contributed by atoms with Crippen LogP contribution in [0.1, 0.15) is 32.3 Å². The Kier molecular flexibility index (Phi) is 7.18. The van der Waals surface area contributed by atoms with Gasteiger partial charge in [-0.15, -0.1) is 0 Å². The van der Waals surface area contributed by atoms with Crippen LogP contribution in [-0.2, 0) is 6.54 Å². The topological polar surface area (TPSA) is 15.3 Å². The van der Waals surface area contributed by atoms with E-state index in [1.165, 1.54) is 0 Å². The van der Waals surface area contributed by atoms with Gasteiger partial charge in [-0.3, -0.25) is 0 Å². The predicted molar refractivity (Wildman–Crippen MR) is 79.6 cm³/mol. The highest BCUT2D eigenvalue weighted by molar-refractivity contribution is 5.19. The van der Waals surface area contributed by atoms with E-state index < -0.39 is 17.5 Å². The number of nitrogens with zero attached hydrogens (tertiary/aromatic N) is 1. The van der Waals surface area contributed by atoms with Gasteiger partial charge in [0.15, 0.2) is 11.6 Å². The number of benzene rings is 1. The van der Waals surface area contributed by atoms with Crippen molar-refractivity contribution in [1.82, 2.24) is 10.2 Å². The van der Waals surface area contributed by atoms with Crippen LogP contribution in [0.25, 0.3) is 0 Å². The highest BCUT2D eigenvalue weighted by Gasteiger charge is 2.20. The minimum Gasteiger partial charge on any atom is -0.311 e. The molecule has 120 valence electrons. The van der Waals surface area contributed by atoms with E-state index in [1.54, 1.807) is 0 Å². The zero-order valence-electron chi connectivity index (χ0n) is 13.2. The Hall–Kier alpha value is -1.07. The Labute approximate surface area is 125 Å². The molecule has 1 aromatic carbocycles. The molecule has 0 aliphatic heterocycles. The Morgan fingerprint density at radius 3 is 2.10 bits per heavy atom. The van der Waals surface area contributed by atoms with E-state index in [0.29, 0.717) is 24.6 Å². The fourth-order valence-corrected chi connectivity index (χ4v) is 2.66. The van der Waals surface area contributed by atoms with Crippen LogP contribution in [0.15, 0.2) is 12.1 Å². The predicted octanol–water partition coefficient (Wildman–Crippen LogP) is 3.56. The van der Waals surface area contributed by atoms with Crippen LogP contribution >= 0.6 is 0 Å². The molecular formula is C16H25F3N2. The van der Waals surface area contributed by atoms with Gasteiger partial charge in [0.1, 0.15) is 5.82 Å². The lowest BCUT2D eigenvalue weighted by atomic mass is 9.93. The number of nitrogens with one attached hydrogen (secondary N) is 1. The summed E-state index contributed by atoms with van der Waals surface area (Å²) in [4.78, 5) is 2.15. The second-order valence-electron chi connectivity index (χ2n) is 5.60. The van der Waals surface area contributed by atoms with Gasteiger partial charge in [0.05, 0.1) is 0 Å². The molecule has 1 N–H and O–H groups in total. The van der Waals surface area contributed by atoms with Gasteiger partial charge in [-0.2, -0.15) is 0 Å². The van der Waals surface area contributed by atoms with E-state index in [1.807, 2.05) is 14.1 Å². The summed E-state index contributed by atoms with van der Waals surface area (Å²) in [6.07, 6.45) is 2.14. The number of likely N-dealkylation sites (N-methyl/N-ethyl adjacent to an activating group) is 1. The second kappa shape index (κ2) is 8.39. The SMILES string of the molecule is CCC(CC)C(CNCc1cc(F)c(F)cc1F)N(C)C. The van der Waals surface area contributed by atoms with Gasteiger partial charge in [-0.05, 0) is 26.1 Å². The summed E-state index contributed by atoms with van der Waals surface area (Å²) < 4.78 is 39.6. The normalized spacial score (nSPS) is 13.2. The molecule has 0 fully saturated rings. The number of hydrogen-bond acceptors (Lipinski definition) is 2. The maximum atomic E-state index is 13.5. The third-order valence-electron chi connectivity index (χ3n) is 4.01. The third kappa shape index (κ3) is 5.00. The lowest BCUT2D eigenvalue weighted by Crippen LogP contribution is -2.42. The summed E-state index contributed by atoms with van der Waals surface area (Å²) in [7, 11) is 4.03. The van der Waals surface area contributed by atoms with Gasteiger partial charge >= 0.3 is 0 Å². The number of hydrogen-bond donors (Lipinski definition) is 1. The fraction of sp³-hybridized carbons (Fsp3) is 0.625. The van der Waals surface area contributed by atoms with E-state index in [9.17, 15) is 13.2 Å². The molecule has 1 aromatic rings. The Morgan fingerprint density at radius 1 is 1.00 bits per heavy atom. The fourth-order valence-electron chi connectivity index (χ4n) is 2.66. The molecule has 0 saturated carbocycles. The van der Waals surface area contributed by atoms with Crippen molar-refractivity contribution in [3.8, 4) is 0 Å². The van der Waals surface area contributed by atoms with Crippen molar-refractivity contribution in [3.63, 3.8) is 0 Å². The highest BCUT2D eigenvalue weighted by atomic mass is 19.2. The molecule has 1 atom stereocenters. The average Bonchev–Trinajstić information content (AvgIpc) is 2.43. The molecule has 1 unspecified atom stereocenters. The summed E-state index contributed by atoms with van der Waals surface area (Å²) in [5.74, 6) is -2.34. The summed E-state index contributed by atoms with van der Waals surface area (Å²) >= 11 is 0. The number of rotatable bonds is 8. The van der Waals surface area contributed by atoms with Crippen molar-refractivity contribution in [3.05, 3.63) is 35.1 Å². The van der Waals surface area contributed by atoms with Crippen molar-refractivity contribution >= 4 is 0 Å². The van der Waals surface area contributed by atoms with Gasteiger partial charge in [0, 0.05) is 30.8 Å². The summed E-state index contributed by atoms with van der Waals surface area (Å²) in [5.41, 5.74) is 0.149. The minimum absolute atomic E-state index is 0.149. The first-order chi connectivity index (χ1) is 9.90. The molecule has 21 heavy (non-hydrogen) atoms. The monoisotopic (exact) mass is 302 g/mol. The van der Waals surface area contributed by atoms with Crippen LogP contribution in [0.2, 0.25) is 0 Å². The molecule has 5 heteroatoms. The smallest absolute Gasteiger partial charge is 0.161 e. The third-order valence-corrected chi connectivity index (χ3v) is 4.01. The lowest BCUT2D eigenvalue weighted by molar-refractivity contribution is 0.193. The van der Waals surface area contributed by atoms with E-state index >= 15 is 0 Å². The second-order valence-corrected chi connectivity index (χ2v) is 5.60. The molecule has 0 spiro atoms. The van der Waals surface area contributed by atoms with E-state index in [2.05, 4.69) is 24.1 Å². The van der Waals surface area contributed by atoms with Crippen LogP contribution in [0, 0.1) is 23.4 Å². The highest BCUT2D eigenvalue weighted by Crippen LogP contribution is 2.17. The Balaban J connectivity index is 2.64. The van der Waals surface area contributed by atoms with E-state index in [4.69, 9.17) is 0 Å². The zero-order valence-corrected chi connectivity index (χ0v) is 13.2. The molecule has 0 radical (unpaired) electrons. The Morgan fingerprint density at radius 2 is 1.57 bits per heavy atom. The minimum atomic E-state index is -1.15. The van der Waals surface area contributed by atoms with Crippen LogP contribution in [0.4, 0.5) is 13.2 Å². The molecule has 0 aromatic heterocycles. The lowest BCUT2D eigenvalue weighted by Gasteiger charge is -2.31. The van der Waals surface area contributed by atoms with Crippen molar-refractivity contribution in [1.29, 1.82) is 0 Å².